The highest BCUT2D eigenvalue weighted by Crippen LogP contribution is 2.46. The summed E-state index contributed by atoms with van der Waals surface area (Å²) in [5, 5.41) is 0. The molecule has 5 nitrogen and oxygen atoms in total. The van der Waals surface area contributed by atoms with Crippen LogP contribution in [0, 0.1) is 0 Å². The number of rotatable bonds is 10. The van der Waals surface area contributed by atoms with E-state index in [0.717, 1.165) is 19.4 Å². The third-order valence-electron chi connectivity index (χ3n) is 3.38. The van der Waals surface area contributed by atoms with Gasteiger partial charge in [-0.05, 0) is 48.0 Å². The first-order valence-electron chi connectivity index (χ1n) is 8.42. The fourth-order valence-electron chi connectivity index (χ4n) is 2.42. The summed E-state index contributed by atoms with van der Waals surface area (Å²) in [5.74, 6) is -0.504. The highest BCUT2D eigenvalue weighted by molar-refractivity contribution is 7.44. The Morgan fingerprint density at radius 2 is 1.82 bits per heavy atom. The summed E-state index contributed by atoms with van der Waals surface area (Å²) in [6.07, 6.45) is 2.17. The molecule has 6 heteroatoms. The molecule has 0 aromatic carbocycles. The topological polar surface area (TPSA) is 40.2 Å². The zero-order valence-electron chi connectivity index (χ0n) is 15.3. The van der Waals surface area contributed by atoms with Crippen LogP contribution in [0.3, 0.4) is 0 Å². The maximum absolute atomic E-state index is 6.11. The minimum absolute atomic E-state index is 0.0176. The second-order valence-electron chi connectivity index (χ2n) is 6.74. The van der Waals surface area contributed by atoms with E-state index in [-0.39, 0.29) is 6.10 Å². The predicted molar refractivity (Wildman–Crippen MR) is 90.7 cm³/mol. The van der Waals surface area contributed by atoms with Gasteiger partial charge in [-0.15, -0.1) is 0 Å². The Kier molecular flexibility index (Phi) is 8.76. The van der Waals surface area contributed by atoms with Crippen molar-refractivity contribution in [1.82, 2.24) is 4.67 Å². The first kappa shape index (κ1) is 20.3. The average Bonchev–Trinajstić information content (AvgIpc) is 2.74. The van der Waals surface area contributed by atoms with Crippen molar-refractivity contribution in [2.75, 3.05) is 19.8 Å². The molecule has 0 aliphatic carbocycles. The molecular weight excluding hydrogens is 301 g/mol. The molecular formula is C16H34NO4P. The minimum atomic E-state index is -1.06. The largest absolute Gasteiger partial charge is 0.348 e. The zero-order chi connectivity index (χ0) is 16.8. The van der Waals surface area contributed by atoms with Gasteiger partial charge in [-0.1, -0.05) is 13.3 Å². The molecule has 1 fully saturated rings. The van der Waals surface area contributed by atoms with Crippen molar-refractivity contribution in [2.45, 2.75) is 85.3 Å². The van der Waals surface area contributed by atoms with Gasteiger partial charge in [0.05, 0.1) is 19.8 Å². The van der Waals surface area contributed by atoms with Gasteiger partial charge in [-0.25, -0.2) is 4.67 Å². The highest BCUT2D eigenvalue weighted by Gasteiger charge is 2.35. The van der Waals surface area contributed by atoms with Crippen molar-refractivity contribution in [2.24, 2.45) is 0 Å². The maximum Gasteiger partial charge on any atom is 0.259 e. The lowest BCUT2D eigenvalue weighted by atomic mass is 10.3. The van der Waals surface area contributed by atoms with E-state index in [2.05, 4.69) is 39.3 Å². The van der Waals surface area contributed by atoms with E-state index in [1.54, 1.807) is 0 Å². The van der Waals surface area contributed by atoms with E-state index in [0.29, 0.717) is 25.3 Å². The van der Waals surface area contributed by atoms with Crippen LogP contribution < -0.4 is 0 Å². The van der Waals surface area contributed by atoms with Gasteiger partial charge in [0, 0.05) is 12.1 Å². The standard InChI is InChI=1S/C16H34NO4P/c1-8-9-10-19-22(17(13(2)3)14(4)5)20-12-15-11-18-16(6,7)21-15/h13-15H,8-12H2,1-7H3/t15-,22?/m0/s1. The molecule has 132 valence electrons. The molecule has 0 aromatic rings. The fourth-order valence-corrected chi connectivity index (χ4v) is 4.10. The molecule has 22 heavy (non-hydrogen) atoms. The smallest absolute Gasteiger partial charge is 0.259 e. The van der Waals surface area contributed by atoms with Crippen LogP contribution in [0.1, 0.15) is 61.3 Å². The van der Waals surface area contributed by atoms with Crippen molar-refractivity contribution in [3.05, 3.63) is 0 Å². The van der Waals surface area contributed by atoms with E-state index in [1.807, 2.05) is 13.8 Å². The molecule has 1 unspecified atom stereocenters. The summed E-state index contributed by atoms with van der Waals surface area (Å²) in [7, 11) is -1.06. The Morgan fingerprint density at radius 3 is 2.27 bits per heavy atom. The van der Waals surface area contributed by atoms with Crippen LogP contribution in [0.15, 0.2) is 0 Å². The van der Waals surface area contributed by atoms with E-state index in [4.69, 9.17) is 18.5 Å². The normalized spacial score (nSPS) is 22.9. The lowest BCUT2D eigenvalue weighted by molar-refractivity contribution is -0.141. The van der Waals surface area contributed by atoms with Gasteiger partial charge in [0.1, 0.15) is 6.10 Å². The first-order chi connectivity index (χ1) is 10.3. The Morgan fingerprint density at radius 1 is 1.18 bits per heavy atom. The Labute approximate surface area is 137 Å². The summed E-state index contributed by atoms with van der Waals surface area (Å²) in [6, 6.07) is 0.759. The second kappa shape index (κ2) is 9.51. The molecule has 1 aliphatic rings. The van der Waals surface area contributed by atoms with Crippen LogP contribution in [0.25, 0.3) is 0 Å². The van der Waals surface area contributed by atoms with Crippen molar-refractivity contribution in [3.63, 3.8) is 0 Å². The van der Waals surface area contributed by atoms with E-state index >= 15 is 0 Å². The van der Waals surface area contributed by atoms with Gasteiger partial charge in [-0.3, -0.25) is 0 Å². The lowest BCUT2D eigenvalue weighted by Gasteiger charge is -2.36. The molecule has 1 heterocycles. The summed E-state index contributed by atoms with van der Waals surface area (Å²) in [5.41, 5.74) is 0. The Bertz CT molecular complexity index is 305. The van der Waals surface area contributed by atoms with Crippen LogP contribution in [0.5, 0.6) is 0 Å². The molecule has 0 bridgehead atoms. The number of hydrogen-bond donors (Lipinski definition) is 0. The number of nitrogens with zero attached hydrogens (tertiary/aromatic N) is 1. The van der Waals surface area contributed by atoms with Gasteiger partial charge in [0.25, 0.3) is 8.53 Å². The van der Waals surface area contributed by atoms with E-state index in [1.165, 1.54) is 0 Å². The first-order valence-corrected chi connectivity index (χ1v) is 9.55. The Balaban J connectivity index is 2.57. The molecule has 0 spiro atoms. The quantitative estimate of drug-likeness (QED) is 0.439. The molecule has 0 amide bonds. The lowest BCUT2D eigenvalue weighted by Crippen LogP contribution is -2.34. The van der Waals surface area contributed by atoms with Gasteiger partial charge in [0.15, 0.2) is 5.79 Å². The van der Waals surface area contributed by atoms with Crippen LogP contribution in [0.2, 0.25) is 0 Å². The summed E-state index contributed by atoms with van der Waals surface area (Å²) in [4.78, 5) is 0. The van der Waals surface area contributed by atoms with Crippen molar-refractivity contribution in [3.8, 4) is 0 Å². The van der Waals surface area contributed by atoms with Crippen LogP contribution in [0.4, 0.5) is 0 Å². The molecule has 1 aliphatic heterocycles. The third kappa shape index (κ3) is 6.77. The Hall–Kier alpha value is 0.230. The van der Waals surface area contributed by atoms with Crippen molar-refractivity contribution >= 4 is 8.53 Å². The van der Waals surface area contributed by atoms with Gasteiger partial charge in [-0.2, -0.15) is 0 Å². The number of ether oxygens (including phenoxy) is 2. The predicted octanol–water partition coefficient (Wildman–Crippen LogP) is 4.32. The molecule has 0 saturated carbocycles. The van der Waals surface area contributed by atoms with Gasteiger partial charge >= 0.3 is 0 Å². The van der Waals surface area contributed by atoms with E-state index < -0.39 is 14.3 Å². The highest BCUT2D eigenvalue weighted by atomic mass is 31.2. The average molecular weight is 335 g/mol. The minimum Gasteiger partial charge on any atom is -0.348 e. The summed E-state index contributed by atoms with van der Waals surface area (Å²) >= 11 is 0. The van der Waals surface area contributed by atoms with Gasteiger partial charge in [0.2, 0.25) is 0 Å². The number of unbranched alkanes of at least 4 members (excludes halogenated alkanes) is 1. The third-order valence-corrected chi connectivity index (χ3v) is 5.46. The summed E-state index contributed by atoms with van der Waals surface area (Å²) < 4.78 is 25.9. The molecule has 0 radical (unpaired) electrons. The van der Waals surface area contributed by atoms with E-state index in [9.17, 15) is 0 Å². The van der Waals surface area contributed by atoms with Gasteiger partial charge < -0.3 is 18.5 Å². The zero-order valence-corrected chi connectivity index (χ0v) is 16.2. The summed E-state index contributed by atoms with van der Waals surface area (Å²) in [6.45, 7) is 16.6. The molecule has 0 N–H and O–H groups in total. The monoisotopic (exact) mass is 335 g/mol. The fraction of sp³-hybridized carbons (Fsp3) is 1.00. The molecule has 0 aromatic heterocycles. The SMILES string of the molecule is CCCCOP(OC[C@@H]1COC(C)(C)O1)N(C(C)C)C(C)C. The van der Waals surface area contributed by atoms with Crippen LogP contribution in [-0.2, 0) is 18.5 Å². The van der Waals surface area contributed by atoms with Crippen LogP contribution in [-0.4, -0.2) is 48.5 Å². The molecule has 2 atom stereocenters. The van der Waals surface area contributed by atoms with Crippen molar-refractivity contribution < 1.29 is 18.5 Å². The van der Waals surface area contributed by atoms with Crippen LogP contribution >= 0.6 is 8.53 Å². The van der Waals surface area contributed by atoms with Crippen molar-refractivity contribution in [1.29, 1.82) is 0 Å². The number of hydrogen-bond acceptors (Lipinski definition) is 5. The molecule has 1 saturated heterocycles. The molecule has 1 rings (SSSR count). The maximum atomic E-state index is 6.11. The second-order valence-corrected chi connectivity index (χ2v) is 8.19.